The Kier molecular flexibility index (Phi) is 3.95. The van der Waals surface area contributed by atoms with Crippen molar-refractivity contribution in [3.8, 4) is 5.75 Å². The van der Waals surface area contributed by atoms with E-state index < -0.39 is 23.8 Å². The predicted octanol–water partition coefficient (Wildman–Crippen LogP) is 2.09. The van der Waals surface area contributed by atoms with Gasteiger partial charge in [0.25, 0.3) is 11.8 Å². The van der Waals surface area contributed by atoms with E-state index in [1.807, 2.05) is 0 Å². The maximum absolute atomic E-state index is 12.4. The van der Waals surface area contributed by atoms with Crippen LogP contribution < -0.4 is 4.74 Å². The summed E-state index contributed by atoms with van der Waals surface area (Å²) in [5.41, 5.74) is 0.728. The molecular formula is C18H13NO5. The fraction of sp³-hybridized carbons (Fsp3) is 0.111. The van der Waals surface area contributed by atoms with Crippen LogP contribution in [0.2, 0.25) is 0 Å². The number of benzene rings is 2. The molecule has 6 heteroatoms. The first-order valence-electron chi connectivity index (χ1n) is 7.27. The van der Waals surface area contributed by atoms with E-state index in [-0.39, 0.29) is 22.4 Å². The average Bonchev–Trinajstić information content (AvgIpc) is 2.86. The molecule has 3 rings (SSSR count). The van der Waals surface area contributed by atoms with Crippen molar-refractivity contribution < 1.29 is 23.9 Å². The lowest BCUT2D eigenvalue weighted by molar-refractivity contribution is -0.138. The standard InChI is InChI=1S/C18H13NO5/c1-11(18(23)24-15-9-5-2-6-12(15)10-20)19-16(21)13-7-3-4-8-14(13)17(19)22/h2-11H,1H3. The summed E-state index contributed by atoms with van der Waals surface area (Å²) in [4.78, 5) is 48.9. The van der Waals surface area contributed by atoms with Crippen LogP contribution in [0.1, 0.15) is 38.0 Å². The SMILES string of the molecule is CC(C(=O)Oc1ccccc1C=O)N1C(=O)c2ccccc2C1=O. The van der Waals surface area contributed by atoms with Crippen LogP contribution in [0.3, 0.4) is 0 Å². The summed E-state index contributed by atoms with van der Waals surface area (Å²) in [6, 6.07) is 11.5. The quantitative estimate of drug-likeness (QED) is 0.372. The second-order valence-electron chi connectivity index (χ2n) is 5.28. The molecule has 1 unspecified atom stereocenters. The molecule has 0 saturated heterocycles. The van der Waals surface area contributed by atoms with Crippen LogP contribution in [0.15, 0.2) is 48.5 Å². The summed E-state index contributed by atoms with van der Waals surface area (Å²) in [6.45, 7) is 1.41. The lowest BCUT2D eigenvalue weighted by Gasteiger charge is -2.21. The third-order valence-corrected chi connectivity index (χ3v) is 3.81. The first-order valence-corrected chi connectivity index (χ1v) is 7.27. The van der Waals surface area contributed by atoms with Crippen molar-refractivity contribution in [1.29, 1.82) is 0 Å². The Bertz CT molecular complexity index is 823. The topological polar surface area (TPSA) is 80.8 Å². The van der Waals surface area contributed by atoms with Crippen LogP contribution in [-0.2, 0) is 4.79 Å². The summed E-state index contributed by atoms with van der Waals surface area (Å²) in [5, 5.41) is 0. The molecule has 6 nitrogen and oxygen atoms in total. The van der Waals surface area contributed by atoms with E-state index in [2.05, 4.69) is 0 Å². The van der Waals surface area contributed by atoms with Crippen molar-refractivity contribution >= 4 is 24.1 Å². The molecule has 0 radical (unpaired) electrons. The van der Waals surface area contributed by atoms with E-state index in [4.69, 9.17) is 4.74 Å². The Morgan fingerprint density at radius 3 is 2.12 bits per heavy atom. The molecule has 1 atom stereocenters. The van der Waals surface area contributed by atoms with E-state index in [0.29, 0.717) is 6.29 Å². The molecule has 2 aromatic rings. The number of aldehydes is 1. The number of rotatable bonds is 4. The van der Waals surface area contributed by atoms with E-state index in [1.54, 1.807) is 24.3 Å². The van der Waals surface area contributed by atoms with Crippen LogP contribution in [0.25, 0.3) is 0 Å². The Morgan fingerprint density at radius 2 is 1.54 bits per heavy atom. The van der Waals surface area contributed by atoms with Crippen LogP contribution in [0.5, 0.6) is 5.75 Å². The molecule has 0 N–H and O–H groups in total. The number of ether oxygens (including phenoxy) is 1. The predicted molar refractivity (Wildman–Crippen MR) is 83.9 cm³/mol. The van der Waals surface area contributed by atoms with Gasteiger partial charge in [0.2, 0.25) is 0 Å². The molecular weight excluding hydrogens is 310 g/mol. The lowest BCUT2D eigenvalue weighted by atomic mass is 10.1. The number of para-hydroxylation sites is 1. The molecule has 1 aliphatic rings. The van der Waals surface area contributed by atoms with Crippen molar-refractivity contribution in [2.75, 3.05) is 0 Å². The van der Waals surface area contributed by atoms with Gasteiger partial charge in [-0.1, -0.05) is 24.3 Å². The zero-order chi connectivity index (χ0) is 17.3. The minimum atomic E-state index is -1.11. The van der Waals surface area contributed by atoms with E-state index in [1.165, 1.54) is 31.2 Å². The number of fused-ring (bicyclic) bond motifs is 1. The van der Waals surface area contributed by atoms with Gasteiger partial charge in [-0.2, -0.15) is 0 Å². The number of imide groups is 1. The number of carbonyl (C=O) groups is 4. The van der Waals surface area contributed by atoms with Crippen LogP contribution in [0.4, 0.5) is 0 Å². The normalized spacial score (nSPS) is 14.3. The number of hydrogen-bond donors (Lipinski definition) is 0. The number of hydrogen-bond acceptors (Lipinski definition) is 5. The zero-order valence-corrected chi connectivity index (χ0v) is 12.8. The van der Waals surface area contributed by atoms with E-state index in [9.17, 15) is 19.2 Å². The third-order valence-electron chi connectivity index (χ3n) is 3.81. The minimum absolute atomic E-state index is 0.0842. The molecule has 1 heterocycles. The molecule has 120 valence electrons. The highest BCUT2D eigenvalue weighted by molar-refractivity contribution is 6.22. The Labute approximate surface area is 137 Å². The summed E-state index contributed by atoms with van der Waals surface area (Å²) < 4.78 is 5.19. The molecule has 1 aliphatic heterocycles. The molecule has 0 aromatic heterocycles. The van der Waals surface area contributed by atoms with Gasteiger partial charge in [-0.15, -0.1) is 0 Å². The zero-order valence-electron chi connectivity index (χ0n) is 12.8. The Balaban J connectivity index is 1.83. The first-order chi connectivity index (χ1) is 11.5. The van der Waals surface area contributed by atoms with Gasteiger partial charge in [0, 0.05) is 0 Å². The lowest BCUT2D eigenvalue weighted by Crippen LogP contribution is -2.44. The van der Waals surface area contributed by atoms with Gasteiger partial charge in [-0.3, -0.25) is 19.3 Å². The Hall–Kier alpha value is -3.28. The van der Waals surface area contributed by atoms with Crippen LogP contribution in [-0.4, -0.2) is 35.0 Å². The second kappa shape index (κ2) is 6.08. The molecule has 0 spiro atoms. The molecule has 0 bridgehead atoms. The molecule has 0 fully saturated rings. The van der Waals surface area contributed by atoms with Gasteiger partial charge in [0.15, 0.2) is 6.29 Å². The highest BCUT2D eigenvalue weighted by Crippen LogP contribution is 2.25. The van der Waals surface area contributed by atoms with Crippen molar-refractivity contribution in [3.05, 3.63) is 65.2 Å². The molecule has 24 heavy (non-hydrogen) atoms. The highest BCUT2D eigenvalue weighted by atomic mass is 16.5. The number of carbonyl (C=O) groups excluding carboxylic acids is 4. The third kappa shape index (κ3) is 2.48. The van der Waals surface area contributed by atoms with Gasteiger partial charge >= 0.3 is 5.97 Å². The number of nitrogens with zero attached hydrogens (tertiary/aromatic N) is 1. The van der Waals surface area contributed by atoms with Crippen molar-refractivity contribution in [3.63, 3.8) is 0 Å². The number of amides is 2. The largest absolute Gasteiger partial charge is 0.424 e. The summed E-state index contributed by atoms with van der Waals surface area (Å²) in [5.74, 6) is -1.78. The van der Waals surface area contributed by atoms with Gasteiger partial charge in [-0.25, -0.2) is 4.79 Å². The summed E-state index contributed by atoms with van der Waals surface area (Å²) in [7, 11) is 0. The van der Waals surface area contributed by atoms with Crippen molar-refractivity contribution in [1.82, 2.24) is 4.90 Å². The summed E-state index contributed by atoms with van der Waals surface area (Å²) in [6.07, 6.45) is 0.565. The Morgan fingerprint density at radius 1 is 1.00 bits per heavy atom. The van der Waals surface area contributed by atoms with Gasteiger partial charge in [-0.05, 0) is 31.2 Å². The van der Waals surface area contributed by atoms with Crippen molar-refractivity contribution in [2.45, 2.75) is 13.0 Å². The molecule has 2 amide bonds. The molecule has 2 aromatic carbocycles. The molecule has 0 saturated carbocycles. The fourth-order valence-electron chi connectivity index (χ4n) is 2.53. The van der Waals surface area contributed by atoms with Gasteiger partial charge in [0.05, 0.1) is 16.7 Å². The average molecular weight is 323 g/mol. The van der Waals surface area contributed by atoms with E-state index >= 15 is 0 Å². The minimum Gasteiger partial charge on any atom is -0.424 e. The maximum atomic E-state index is 12.4. The van der Waals surface area contributed by atoms with Gasteiger partial charge in [0.1, 0.15) is 11.8 Å². The van der Waals surface area contributed by atoms with E-state index in [0.717, 1.165) is 4.90 Å². The molecule has 0 aliphatic carbocycles. The monoisotopic (exact) mass is 323 g/mol. The van der Waals surface area contributed by atoms with Crippen molar-refractivity contribution in [2.24, 2.45) is 0 Å². The van der Waals surface area contributed by atoms with Crippen LogP contribution >= 0.6 is 0 Å². The fourth-order valence-corrected chi connectivity index (χ4v) is 2.53. The highest BCUT2D eigenvalue weighted by Gasteiger charge is 2.41. The van der Waals surface area contributed by atoms with Crippen LogP contribution in [0, 0.1) is 0 Å². The summed E-state index contributed by atoms with van der Waals surface area (Å²) >= 11 is 0. The maximum Gasteiger partial charge on any atom is 0.334 e. The first kappa shape index (κ1) is 15.6. The number of esters is 1. The smallest absolute Gasteiger partial charge is 0.334 e. The van der Waals surface area contributed by atoms with Gasteiger partial charge < -0.3 is 4.74 Å². The second-order valence-corrected chi connectivity index (χ2v) is 5.28.